The van der Waals surface area contributed by atoms with Crippen molar-refractivity contribution in [3.05, 3.63) is 59.7 Å². The Kier molecular flexibility index (Phi) is 7.65. The van der Waals surface area contributed by atoms with Crippen LogP contribution in [0.5, 0.6) is 11.5 Å². The summed E-state index contributed by atoms with van der Waals surface area (Å²) in [7, 11) is 1.62. The Morgan fingerprint density at radius 3 is 2.39 bits per heavy atom. The van der Waals surface area contributed by atoms with Crippen LogP contribution in [0, 0.1) is 5.92 Å². The molecule has 0 unspecified atom stereocenters. The van der Waals surface area contributed by atoms with E-state index in [-0.39, 0.29) is 11.8 Å². The van der Waals surface area contributed by atoms with Gasteiger partial charge in [-0.1, -0.05) is 18.2 Å². The molecule has 1 fully saturated rings. The molecule has 0 saturated carbocycles. The lowest BCUT2D eigenvalue weighted by atomic mass is 9.96. The third-order valence-electron chi connectivity index (χ3n) is 5.39. The maximum absolute atomic E-state index is 12.6. The second kappa shape index (κ2) is 10.6. The first-order chi connectivity index (χ1) is 14.9. The van der Waals surface area contributed by atoms with Crippen molar-refractivity contribution in [2.45, 2.75) is 26.2 Å². The zero-order chi connectivity index (χ0) is 22.2. The summed E-state index contributed by atoms with van der Waals surface area (Å²) in [4.78, 5) is 38.0. The maximum Gasteiger partial charge on any atom is 0.308 e. The number of hydrogen-bond acceptors (Lipinski definition) is 5. The molecule has 1 aliphatic heterocycles. The summed E-state index contributed by atoms with van der Waals surface area (Å²) in [5.74, 6) is 0.944. The highest BCUT2D eigenvalue weighted by Crippen LogP contribution is 2.19. The van der Waals surface area contributed by atoms with Crippen LogP contribution in [-0.4, -0.2) is 49.4 Å². The maximum atomic E-state index is 12.6. The summed E-state index contributed by atoms with van der Waals surface area (Å²) in [6.45, 7) is 3.26. The largest absolute Gasteiger partial charge is 0.497 e. The van der Waals surface area contributed by atoms with Gasteiger partial charge in [-0.2, -0.15) is 0 Å². The molecule has 1 saturated heterocycles. The minimum absolute atomic E-state index is 0.120. The predicted molar refractivity (Wildman–Crippen MR) is 116 cm³/mol. The summed E-state index contributed by atoms with van der Waals surface area (Å²) < 4.78 is 10.2. The van der Waals surface area contributed by atoms with Crippen LogP contribution in [0.25, 0.3) is 0 Å². The molecule has 0 bridgehead atoms. The van der Waals surface area contributed by atoms with Gasteiger partial charge in [0.25, 0.3) is 5.91 Å². The van der Waals surface area contributed by atoms with Gasteiger partial charge in [-0.05, 0) is 54.7 Å². The van der Waals surface area contributed by atoms with E-state index in [0.29, 0.717) is 43.3 Å². The number of carbonyl (C=O) groups excluding carboxylic acids is 3. The molecular formula is C24H28N2O5. The number of ether oxygens (including phenoxy) is 2. The minimum Gasteiger partial charge on any atom is -0.497 e. The molecule has 1 N–H and O–H groups in total. The van der Waals surface area contributed by atoms with Gasteiger partial charge in [0.05, 0.1) is 13.5 Å². The van der Waals surface area contributed by atoms with Crippen LogP contribution in [0.2, 0.25) is 0 Å². The van der Waals surface area contributed by atoms with Gasteiger partial charge in [0.2, 0.25) is 5.91 Å². The standard InChI is InChI=1S/C24H28N2O5/c1-17(27)31-22-5-3-4-20(15-22)24(29)25-16-19-10-12-26(13-11-19)23(28)14-18-6-8-21(30-2)9-7-18/h3-9,15,19H,10-14,16H2,1-2H3,(H,25,29). The molecule has 7 nitrogen and oxygen atoms in total. The lowest BCUT2D eigenvalue weighted by Crippen LogP contribution is -2.42. The number of esters is 1. The Hall–Kier alpha value is -3.35. The van der Waals surface area contributed by atoms with Crippen molar-refractivity contribution < 1.29 is 23.9 Å². The van der Waals surface area contributed by atoms with E-state index in [9.17, 15) is 14.4 Å². The van der Waals surface area contributed by atoms with Crippen molar-refractivity contribution in [3.63, 3.8) is 0 Å². The summed E-state index contributed by atoms with van der Waals surface area (Å²) in [5.41, 5.74) is 1.42. The Labute approximate surface area is 182 Å². The number of amides is 2. The number of likely N-dealkylation sites (tertiary alicyclic amines) is 1. The van der Waals surface area contributed by atoms with E-state index in [2.05, 4.69) is 5.32 Å². The van der Waals surface area contributed by atoms with Crippen LogP contribution in [0.3, 0.4) is 0 Å². The van der Waals surface area contributed by atoms with Crippen LogP contribution in [0.1, 0.15) is 35.7 Å². The van der Waals surface area contributed by atoms with E-state index in [0.717, 1.165) is 24.2 Å². The normalized spacial score (nSPS) is 14.1. The van der Waals surface area contributed by atoms with Crippen LogP contribution in [0.15, 0.2) is 48.5 Å². The second-order valence-corrected chi connectivity index (χ2v) is 7.68. The molecule has 7 heteroatoms. The Balaban J connectivity index is 1.43. The first-order valence-electron chi connectivity index (χ1n) is 10.4. The Morgan fingerprint density at radius 1 is 1.03 bits per heavy atom. The molecule has 2 aromatic carbocycles. The molecule has 0 atom stereocenters. The highest BCUT2D eigenvalue weighted by molar-refractivity contribution is 5.94. The molecule has 0 aromatic heterocycles. The number of piperidine rings is 1. The fourth-order valence-electron chi connectivity index (χ4n) is 3.62. The van der Waals surface area contributed by atoms with E-state index in [1.807, 2.05) is 29.2 Å². The van der Waals surface area contributed by atoms with Crippen LogP contribution in [-0.2, 0) is 16.0 Å². The molecule has 31 heavy (non-hydrogen) atoms. The summed E-state index contributed by atoms with van der Waals surface area (Å²) in [6, 6.07) is 14.1. The van der Waals surface area contributed by atoms with Gasteiger partial charge in [0, 0.05) is 32.1 Å². The van der Waals surface area contributed by atoms with Gasteiger partial charge in [0.1, 0.15) is 11.5 Å². The molecule has 3 rings (SSSR count). The minimum atomic E-state index is -0.425. The second-order valence-electron chi connectivity index (χ2n) is 7.68. The zero-order valence-electron chi connectivity index (χ0n) is 17.9. The summed E-state index contributed by atoms with van der Waals surface area (Å²) in [6.07, 6.45) is 2.08. The van der Waals surface area contributed by atoms with Gasteiger partial charge < -0.3 is 19.7 Å². The number of benzene rings is 2. The van der Waals surface area contributed by atoms with Crippen molar-refractivity contribution in [2.75, 3.05) is 26.7 Å². The molecule has 2 aromatic rings. The SMILES string of the molecule is COc1ccc(CC(=O)N2CCC(CNC(=O)c3cccc(OC(C)=O)c3)CC2)cc1. The van der Waals surface area contributed by atoms with E-state index in [4.69, 9.17) is 9.47 Å². The van der Waals surface area contributed by atoms with Crippen molar-refractivity contribution in [1.29, 1.82) is 0 Å². The Bertz CT molecular complexity index is 918. The third-order valence-corrected chi connectivity index (χ3v) is 5.39. The van der Waals surface area contributed by atoms with Crippen LogP contribution >= 0.6 is 0 Å². The van der Waals surface area contributed by atoms with Gasteiger partial charge >= 0.3 is 5.97 Å². The molecule has 1 aliphatic rings. The monoisotopic (exact) mass is 424 g/mol. The topological polar surface area (TPSA) is 84.9 Å². The first kappa shape index (κ1) is 22.3. The Morgan fingerprint density at radius 2 is 1.74 bits per heavy atom. The lowest BCUT2D eigenvalue weighted by molar-refractivity contribution is -0.132. The lowest BCUT2D eigenvalue weighted by Gasteiger charge is -2.32. The average Bonchev–Trinajstić information content (AvgIpc) is 2.78. The van der Waals surface area contributed by atoms with Gasteiger partial charge in [-0.3, -0.25) is 14.4 Å². The number of carbonyl (C=O) groups is 3. The molecule has 0 radical (unpaired) electrons. The van der Waals surface area contributed by atoms with Crippen LogP contribution < -0.4 is 14.8 Å². The van der Waals surface area contributed by atoms with E-state index in [1.54, 1.807) is 31.4 Å². The average molecular weight is 424 g/mol. The zero-order valence-corrected chi connectivity index (χ0v) is 17.9. The van der Waals surface area contributed by atoms with Crippen molar-refractivity contribution in [1.82, 2.24) is 10.2 Å². The van der Waals surface area contributed by atoms with Crippen molar-refractivity contribution >= 4 is 17.8 Å². The highest BCUT2D eigenvalue weighted by atomic mass is 16.5. The van der Waals surface area contributed by atoms with E-state index in [1.165, 1.54) is 6.92 Å². The van der Waals surface area contributed by atoms with Crippen molar-refractivity contribution in [2.24, 2.45) is 5.92 Å². The molecule has 164 valence electrons. The molecule has 1 heterocycles. The molecule has 2 amide bonds. The third kappa shape index (κ3) is 6.57. The van der Waals surface area contributed by atoms with Gasteiger partial charge in [0.15, 0.2) is 0 Å². The molecule has 0 spiro atoms. The molecule has 0 aliphatic carbocycles. The first-order valence-corrected chi connectivity index (χ1v) is 10.4. The summed E-state index contributed by atoms with van der Waals surface area (Å²) in [5, 5.41) is 2.95. The van der Waals surface area contributed by atoms with E-state index >= 15 is 0 Å². The quantitative estimate of drug-likeness (QED) is 0.546. The number of hydrogen-bond donors (Lipinski definition) is 1. The smallest absolute Gasteiger partial charge is 0.308 e. The molecular weight excluding hydrogens is 396 g/mol. The van der Waals surface area contributed by atoms with Crippen LogP contribution in [0.4, 0.5) is 0 Å². The van der Waals surface area contributed by atoms with Gasteiger partial charge in [-0.25, -0.2) is 0 Å². The van der Waals surface area contributed by atoms with E-state index < -0.39 is 5.97 Å². The van der Waals surface area contributed by atoms with Gasteiger partial charge in [-0.15, -0.1) is 0 Å². The number of rotatable bonds is 7. The number of nitrogens with zero attached hydrogens (tertiary/aromatic N) is 1. The number of nitrogens with one attached hydrogen (secondary N) is 1. The highest BCUT2D eigenvalue weighted by Gasteiger charge is 2.23. The fourth-order valence-corrected chi connectivity index (χ4v) is 3.62. The van der Waals surface area contributed by atoms with Crippen molar-refractivity contribution in [3.8, 4) is 11.5 Å². The predicted octanol–water partition coefficient (Wildman–Crippen LogP) is 2.83. The fraction of sp³-hybridized carbons (Fsp3) is 0.375. The number of methoxy groups -OCH3 is 1. The summed E-state index contributed by atoms with van der Waals surface area (Å²) >= 11 is 0.